The molecule has 0 radical (unpaired) electrons. The number of likely N-dealkylation sites (tertiary alicyclic amines) is 1. The maximum atomic E-state index is 14.3. The second-order valence-electron chi connectivity index (χ2n) is 9.90. The van der Waals surface area contributed by atoms with Gasteiger partial charge in [-0.25, -0.2) is 0 Å². The van der Waals surface area contributed by atoms with Crippen LogP contribution in [0.4, 0.5) is 11.4 Å². The number of esters is 1. The molecule has 1 unspecified atom stereocenters. The molecule has 9 heteroatoms. The van der Waals surface area contributed by atoms with Crippen molar-refractivity contribution in [3.05, 3.63) is 48.6 Å². The van der Waals surface area contributed by atoms with Crippen LogP contribution in [-0.4, -0.2) is 84.9 Å². The first kappa shape index (κ1) is 25.5. The summed E-state index contributed by atoms with van der Waals surface area (Å²) in [6.07, 6.45) is 7.60. The summed E-state index contributed by atoms with van der Waals surface area (Å²) in [6, 6.07) is 6.96. The highest BCUT2D eigenvalue weighted by Crippen LogP contribution is 2.53. The Morgan fingerprint density at radius 1 is 1.05 bits per heavy atom. The fourth-order valence-electron chi connectivity index (χ4n) is 6.27. The molecule has 4 aliphatic rings. The SMILES string of the molecule is CCN(CC)c1ccc(N2CC=C[C@]34O[C@@H]5C=CCOC(=O)[C@@H]5[C@H]3C(=O)N(CCCCO)C4C2=O)cc1. The van der Waals surface area contributed by atoms with Gasteiger partial charge in [0, 0.05) is 44.2 Å². The van der Waals surface area contributed by atoms with Crippen molar-refractivity contribution in [2.24, 2.45) is 11.8 Å². The normalized spacial score (nSPS) is 30.5. The Labute approximate surface area is 217 Å². The fourth-order valence-corrected chi connectivity index (χ4v) is 6.27. The van der Waals surface area contributed by atoms with Gasteiger partial charge < -0.3 is 29.3 Å². The molecule has 0 saturated carbocycles. The number of nitrogens with zero attached hydrogens (tertiary/aromatic N) is 3. The summed E-state index contributed by atoms with van der Waals surface area (Å²) < 4.78 is 11.9. The van der Waals surface area contributed by atoms with Crippen molar-refractivity contribution in [1.82, 2.24) is 4.90 Å². The zero-order chi connectivity index (χ0) is 26.2. The first-order chi connectivity index (χ1) is 18.0. The van der Waals surface area contributed by atoms with Gasteiger partial charge in [0.05, 0.1) is 12.0 Å². The number of hydrogen-bond acceptors (Lipinski definition) is 7. The predicted molar refractivity (Wildman–Crippen MR) is 138 cm³/mol. The lowest BCUT2D eigenvalue weighted by molar-refractivity contribution is -0.152. The highest BCUT2D eigenvalue weighted by atomic mass is 16.6. The van der Waals surface area contributed by atoms with E-state index in [0.29, 0.717) is 25.9 Å². The second kappa shape index (κ2) is 10.3. The number of hydrogen-bond donors (Lipinski definition) is 1. The number of anilines is 2. The molecule has 1 spiro atoms. The highest BCUT2D eigenvalue weighted by molar-refractivity contribution is 6.05. The van der Waals surface area contributed by atoms with Crippen molar-refractivity contribution >= 4 is 29.2 Å². The molecule has 1 aromatic rings. The third-order valence-electron chi connectivity index (χ3n) is 8.01. The third-order valence-corrected chi connectivity index (χ3v) is 8.01. The summed E-state index contributed by atoms with van der Waals surface area (Å²) in [5.74, 6) is -2.66. The van der Waals surface area contributed by atoms with Crippen LogP contribution in [0.5, 0.6) is 0 Å². The molecule has 5 atom stereocenters. The van der Waals surface area contributed by atoms with Crippen molar-refractivity contribution in [2.45, 2.75) is 44.4 Å². The smallest absolute Gasteiger partial charge is 0.313 e. The molecular weight excluding hydrogens is 474 g/mol. The predicted octanol–water partition coefficient (Wildman–Crippen LogP) is 1.90. The number of ether oxygens (including phenoxy) is 2. The van der Waals surface area contributed by atoms with Crippen LogP contribution in [0.3, 0.4) is 0 Å². The molecular formula is C28H35N3O6. The minimum absolute atomic E-state index is 0.00154. The first-order valence-corrected chi connectivity index (χ1v) is 13.2. The number of unbranched alkanes of at least 4 members (excludes halogenated alkanes) is 1. The Balaban J connectivity index is 1.53. The molecule has 4 heterocycles. The lowest BCUT2D eigenvalue weighted by atomic mass is 9.78. The number of amides is 2. The Morgan fingerprint density at radius 3 is 2.51 bits per heavy atom. The molecule has 4 aliphatic heterocycles. The van der Waals surface area contributed by atoms with Crippen molar-refractivity contribution in [3.8, 4) is 0 Å². The van der Waals surface area contributed by atoms with Gasteiger partial charge in [-0.2, -0.15) is 0 Å². The van der Waals surface area contributed by atoms with E-state index in [0.717, 1.165) is 24.5 Å². The third kappa shape index (κ3) is 4.14. The fraction of sp³-hybridized carbons (Fsp3) is 0.536. The van der Waals surface area contributed by atoms with Crippen LogP contribution in [0.2, 0.25) is 0 Å². The summed E-state index contributed by atoms with van der Waals surface area (Å²) in [4.78, 5) is 46.6. The molecule has 0 bridgehead atoms. The summed E-state index contributed by atoms with van der Waals surface area (Å²) in [6.45, 7) is 6.73. The minimum atomic E-state index is -1.26. The standard InChI is InChI=1S/C28H35N3O6/c1-3-29(4-2)19-10-12-20(13-11-19)30-16-8-14-28-23(22-21(37-28)9-7-18-36-27(22)35)25(33)31(15-5-6-17-32)24(28)26(30)34/h7-14,21-24,32H,3-6,15-18H2,1-2H3/t21-,22+,23+,24?,28+/m1/s1. The van der Waals surface area contributed by atoms with Crippen LogP contribution >= 0.6 is 0 Å². The molecule has 9 nitrogen and oxygen atoms in total. The Bertz CT molecular complexity index is 1100. The number of carbonyl (C=O) groups is 3. The average Bonchev–Trinajstić information content (AvgIpc) is 3.19. The van der Waals surface area contributed by atoms with Crippen molar-refractivity contribution in [3.63, 3.8) is 0 Å². The molecule has 0 aliphatic carbocycles. The number of carbonyl (C=O) groups excluding carboxylic acids is 3. The molecule has 1 N–H and O–H groups in total. The minimum Gasteiger partial charge on any atom is -0.461 e. The number of rotatable bonds is 8. The van der Waals surface area contributed by atoms with E-state index in [1.807, 2.05) is 36.4 Å². The van der Waals surface area contributed by atoms with Gasteiger partial charge in [-0.05, 0) is 57.0 Å². The summed E-state index contributed by atoms with van der Waals surface area (Å²) in [5.41, 5.74) is 0.550. The quantitative estimate of drug-likeness (QED) is 0.325. The Morgan fingerprint density at radius 2 is 1.81 bits per heavy atom. The van der Waals surface area contributed by atoms with Crippen molar-refractivity contribution in [1.29, 1.82) is 0 Å². The maximum Gasteiger partial charge on any atom is 0.313 e. The number of fused-ring (bicyclic) bond motifs is 2. The van der Waals surface area contributed by atoms with Gasteiger partial charge in [0.2, 0.25) is 5.91 Å². The number of benzene rings is 1. The van der Waals surface area contributed by atoms with E-state index in [2.05, 4.69) is 18.7 Å². The molecule has 2 fully saturated rings. The molecule has 2 amide bonds. The second-order valence-corrected chi connectivity index (χ2v) is 9.90. The summed E-state index contributed by atoms with van der Waals surface area (Å²) in [7, 11) is 0. The topological polar surface area (TPSA) is 99.6 Å². The zero-order valence-electron chi connectivity index (χ0n) is 21.4. The molecule has 0 aromatic heterocycles. The largest absolute Gasteiger partial charge is 0.461 e. The molecule has 5 rings (SSSR count). The van der Waals surface area contributed by atoms with E-state index in [1.165, 1.54) is 0 Å². The molecule has 198 valence electrons. The van der Waals surface area contributed by atoms with Crippen LogP contribution in [0, 0.1) is 11.8 Å². The van der Waals surface area contributed by atoms with E-state index in [1.54, 1.807) is 22.0 Å². The van der Waals surface area contributed by atoms with E-state index < -0.39 is 35.6 Å². The van der Waals surface area contributed by atoms with Crippen LogP contribution in [0.25, 0.3) is 0 Å². The average molecular weight is 510 g/mol. The highest BCUT2D eigenvalue weighted by Gasteiger charge is 2.71. The van der Waals surface area contributed by atoms with Gasteiger partial charge in [-0.1, -0.05) is 18.2 Å². The lowest BCUT2D eigenvalue weighted by Gasteiger charge is -2.35. The van der Waals surface area contributed by atoms with Gasteiger partial charge in [0.1, 0.15) is 24.2 Å². The van der Waals surface area contributed by atoms with Crippen molar-refractivity contribution in [2.75, 3.05) is 49.2 Å². The van der Waals surface area contributed by atoms with Gasteiger partial charge in [0.25, 0.3) is 5.91 Å². The van der Waals surface area contributed by atoms with Gasteiger partial charge in [-0.3, -0.25) is 14.4 Å². The van der Waals surface area contributed by atoms with E-state index >= 15 is 0 Å². The monoisotopic (exact) mass is 509 g/mol. The van der Waals surface area contributed by atoms with Crippen LogP contribution in [0.1, 0.15) is 26.7 Å². The molecule has 1 aromatic carbocycles. The van der Waals surface area contributed by atoms with Crippen LogP contribution < -0.4 is 9.80 Å². The summed E-state index contributed by atoms with van der Waals surface area (Å²) >= 11 is 0. The molecule has 37 heavy (non-hydrogen) atoms. The number of cyclic esters (lactones) is 1. The lowest BCUT2D eigenvalue weighted by Crippen LogP contribution is -2.55. The molecule has 2 saturated heterocycles. The Kier molecular flexibility index (Phi) is 7.09. The zero-order valence-corrected chi connectivity index (χ0v) is 21.4. The summed E-state index contributed by atoms with van der Waals surface area (Å²) in [5, 5.41) is 9.32. The van der Waals surface area contributed by atoms with Gasteiger partial charge in [0.15, 0.2) is 0 Å². The van der Waals surface area contributed by atoms with E-state index in [9.17, 15) is 19.5 Å². The van der Waals surface area contributed by atoms with E-state index in [-0.39, 0.29) is 25.0 Å². The Hall–Kier alpha value is -3.17. The van der Waals surface area contributed by atoms with Crippen LogP contribution in [0.15, 0.2) is 48.6 Å². The number of aliphatic hydroxyl groups is 1. The van der Waals surface area contributed by atoms with Gasteiger partial charge >= 0.3 is 5.97 Å². The maximum absolute atomic E-state index is 14.3. The van der Waals surface area contributed by atoms with Crippen molar-refractivity contribution < 1.29 is 29.0 Å². The van der Waals surface area contributed by atoms with Crippen LogP contribution in [-0.2, 0) is 23.9 Å². The van der Waals surface area contributed by atoms with E-state index in [4.69, 9.17) is 9.47 Å². The first-order valence-electron chi connectivity index (χ1n) is 13.2. The number of aliphatic hydroxyl groups excluding tert-OH is 1. The van der Waals surface area contributed by atoms with Gasteiger partial charge in [-0.15, -0.1) is 0 Å².